The van der Waals surface area contributed by atoms with E-state index in [0.717, 1.165) is 43.7 Å². The molecule has 1 aliphatic carbocycles. The molecule has 5 heteroatoms. The molecule has 0 atom stereocenters. The first-order chi connectivity index (χ1) is 10.0. The highest BCUT2D eigenvalue weighted by Gasteiger charge is 2.25. The topological polar surface area (TPSA) is 29.1 Å². The summed E-state index contributed by atoms with van der Waals surface area (Å²) in [6.45, 7) is 2.17. The molecule has 2 rings (SSSR count). The largest absolute Gasteiger partial charge is 0.349 e. The van der Waals surface area contributed by atoms with Crippen LogP contribution in [0.2, 0.25) is 0 Å². The third-order valence-electron chi connectivity index (χ3n) is 4.11. The Labute approximate surface area is 132 Å². The summed E-state index contributed by atoms with van der Waals surface area (Å²) in [5.74, 6) is -1.60. The normalized spacial score (nSPS) is 22.1. The van der Waals surface area contributed by atoms with Gasteiger partial charge in [0.1, 0.15) is 17.2 Å². The summed E-state index contributed by atoms with van der Waals surface area (Å²) in [7, 11) is 0. The van der Waals surface area contributed by atoms with Gasteiger partial charge in [0.05, 0.1) is 0 Å². The predicted molar refractivity (Wildman–Crippen MR) is 82.2 cm³/mol. The Kier molecular flexibility index (Phi) is 5.73. The molecule has 1 aliphatic rings. The molecule has 0 aliphatic heterocycles. The summed E-state index contributed by atoms with van der Waals surface area (Å²) in [4.78, 5) is 12.1. The molecule has 1 saturated carbocycles. The molecule has 1 aromatic carbocycles. The summed E-state index contributed by atoms with van der Waals surface area (Å²) in [5.41, 5.74) is -0.492. The van der Waals surface area contributed by atoms with E-state index < -0.39 is 23.1 Å². The first-order valence-electron chi connectivity index (χ1n) is 7.46. The van der Waals surface area contributed by atoms with E-state index in [1.165, 1.54) is 12.8 Å². The van der Waals surface area contributed by atoms with E-state index in [0.29, 0.717) is 0 Å². The average molecular weight is 360 g/mol. The van der Waals surface area contributed by atoms with Gasteiger partial charge in [0, 0.05) is 10.5 Å². The summed E-state index contributed by atoms with van der Waals surface area (Å²) in [5, 5.41) is 2.76. The molecule has 0 heterocycles. The highest BCUT2D eigenvalue weighted by molar-refractivity contribution is 9.10. The van der Waals surface area contributed by atoms with Gasteiger partial charge in [0.2, 0.25) is 0 Å². The number of rotatable bonds is 4. The number of halogens is 3. The second kappa shape index (κ2) is 7.34. The standard InChI is InChI=1S/C16H20BrF2NO/c1-2-3-10-4-6-12(7-5-10)20-16(21)15-13(18)8-11(17)9-14(15)19/h8-10,12H,2-7H2,1H3,(H,20,21). The van der Waals surface area contributed by atoms with E-state index in [9.17, 15) is 13.6 Å². The lowest BCUT2D eigenvalue weighted by Gasteiger charge is -2.29. The van der Waals surface area contributed by atoms with Crippen LogP contribution in [0, 0.1) is 17.6 Å². The van der Waals surface area contributed by atoms with E-state index in [2.05, 4.69) is 28.2 Å². The Balaban J connectivity index is 1.97. The number of hydrogen-bond acceptors (Lipinski definition) is 1. The Morgan fingerprint density at radius 1 is 1.24 bits per heavy atom. The molecule has 0 radical (unpaired) electrons. The van der Waals surface area contributed by atoms with Gasteiger partial charge in [0.25, 0.3) is 5.91 Å². The fourth-order valence-corrected chi connectivity index (χ4v) is 3.42. The Morgan fingerprint density at radius 2 is 1.81 bits per heavy atom. The smallest absolute Gasteiger partial charge is 0.257 e. The molecule has 0 spiro atoms. The van der Waals surface area contributed by atoms with Gasteiger partial charge in [-0.3, -0.25) is 4.79 Å². The molecule has 21 heavy (non-hydrogen) atoms. The van der Waals surface area contributed by atoms with Crippen LogP contribution in [-0.2, 0) is 0 Å². The number of carbonyl (C=O) groups is 1. The van der Waals surface area contributed by atoms with Gasteiger partial charge in [-0.25, -0.2) is 8.78 Å². The van der Waals surface area contributed by atoms with Crippen molar-refractivity contribution in [2.24, 2.45) is 5.92 Å². The number of hydrogen-bond donors (Lipinski definition) is 1. The zero-order chi connectivity index (χ0) is 15.4. The molecule has 1 amide bonds. The van der Waals surface area contributed by atoms with E-state index in [1.807, 2.05) is 0 Å². The van der Waals surface area contributed by atoms with Crippen LogP contribution in [-0.4, -0.2) is 11.9 Å². The highest BCUT2D eigenvalue weighted by atomic mass is 79.9. The van der Waals surface area contributed by atoms with Crippen molar-refractivity contribution in [2.45, 2.75) is 51.5 Å². The minimum absolute atomic E-state index is 0.0213. The van der Waals surface area contributed by atoms with Crippen molar-refractivity contribution in [2.75, 3.05) is 0 Å². The Bertz CT molecular complexity index is 490. The Hall–Kier alpha value is -0.970. The SMILES string of the molecule is CCCC1CCC(NC(=O)c2c(F)cc(Br)cc2F)CC1. The van der Waals surface area contributed by atoms with E-state index in [4.69, 9.17) is 0 Å². The molecule has 0 bridgehead atoms. The van der Waals surface area contributed by atoms with Crippen LogP contribution in [0.3, 0.4) is 0 Å². The minimum Gasteiger partial charge on any atom is -0.349 e. The first kappa shape index (κ1) is 16.4. The van der Waals surface area contributed by atoms with Gasteiger partial charge in [-0.2, -0.15) is 0 Å². The lowest BCUT2D eigenvalue weighted by molar-refractivity contribution is 0.0912. The molecule has 0 aromatic heterocycles. The maximum atomic E-state index is 13.7. The molecule has 2 nitrogen and oxygen atoms in total. The van der Waals surface area contributed by atoms with Gasteiger partial charge in [0.15, 0.2) is 0 Å². The fourth-order valence-electron chi connectivity index (χ4n) is 3.02. The lowest BCUT2D eigenvalue weighted by atomic mass is 9.83. The third kappa shape index (κ3) is 4.25. The molecule has 116 valence electrons. The van der Waals surface area contributed by atoms with Crippen molar-refractivity contribution in [3.63, 3.8) is 0 Å². The lowest BCUT2D eigenvalue weighted by Crippen LogP contribution is -2.38. The monoisotopic (exact) mass is 359 g/mol. The zero-order valence-electron chi connectivity index (χ0n) is 12.1. The number of carbonyl (C=O) groups excluding carboxylic acids is 1. The van der Waals surface area contributed by atoms with Gasteiger partial charge in [-0.05, 0) is 43.7 Å². The van der Waals surface area contributed by atoms with Gasteiger partial charge < -0.3 is 5.32 Å². The molecule has 1 aromatic rings. The van der Waals surface area contributed by atoms with E-state index in [1.54, 1.807) is 0 Å². The van der Waals surface area contributed by atoms with Crippen LogP contribution in [0.4, 0.5) is 8.78 Å². The van der Waals surface area contributed by atoms with Crippen molar-refractivity contribution < 1.29 is 13.6 Å². The van der Waals surface area contributed by atoms with Crippen LogP contribution >= 0.6 is 15.9 Å². The van der Waals surface area contributed by atoms with Crippen LogP contribution in [0.1, 0.15) is 55.8 Å². The predicted octanol–water partition coefficient (Wildman–Crippen LogP) is 4.82. The zero-order valence-corrected chi connectivity index (χ0v) is 13.7. The van der Waals surface area contributed by atoms with Crippen molar-refractivity contribution >= 4 is 21.8 Å². The Morgan fingerprint density at radius 3 is 2.33 bits per heavy atom. The first-order valence-corrected chi connectivity index (χ1v) is 8.26. The minimum atomic E-state index is -0.834. The van der Waals surface area contributed by atoms with Crippen molar-refractivity contribution in [1.82, 2.24) is 5.32 Å². The van der Waals surface area contributed by atoms with E-state index in [-0.39, 0.29) is 10.5 Å². The highest BCUT2D eigenvalue weighted by Crippen LogP contribution is 2.28. The quantitative estimate of drug-likeness (QED) is 0.820. The maximum Gasteiger partial charge on any atom is 0.257 e. The summed E-state index contributed by atoms with van der Waals surface area (Å²) in [6, 6.07) is 2.24. The van der Waals surface area contributed by atoms with Crippen LogP contribution in [0.5, 0.6) is 0 Å². The number of nitrogens with one attached hydrogen (secondary N) is 1. The van der Waals surface area contributed by atoms with Crippen LogP contribution in [0.15, 0.2) is 16.6 Å². The second-order valence-corrected chi connectivity index (χ2v) is 6.64. The van der Waals surface area contributed by atoms with Gasteiger partial charge in [-0.15, -0.1) is 0 Å². The molecule has 1 fully saturated rings. The average Bonchev–Trinajstić information content (AvgIpc) is 2.40. The summed E-state index contributed by atoms with van der Waals surface area (Å²) in [6.07, 6.45) is 6.31. The van der Waals surface area contributed by atoms with Gasteiger partial charge >= 0.3 is 0 Å². The summed E-state index contributed by atoms with van der Waals surface area (Å²) >= 11 is 3.00. The second-order valence-electron chi connectivity index (χ2n) is 5.72. The molecule has 1 N–H and O–H groups in total. The van der Waals surface area contributed by atoms with Crippen LogP contribution in [0.25, 0.3) is 0 Å². The van der Waals surface area contributed by atoms with Crippen molar-refractivity contribution in [3.8, 4) is 0 Å². The molecular weight excluding hydrogens is 340 g/mol. The molecule has 0 saturated heterocycles. The fraction of sp³-hybridized carbons (Fsp3) is 0.562. The van der Waals surface area contributed by atoms with Gasteiger partial charge in [-0.1, -0.05) is 35.7 Å². The number of benzene rings is 1. The van der Waals surface area contributed by atoms with E-state index >= 15 is 0 Å². The van der Waals surface area contributed by atoms with Crippen LogP contribution < -0.4 is 5.32 Å². The maximum absolute atomic E-state index is 13.7. The van der Waals surface area contributed by atoms with Crippen molar-refractivity contribution in [1.29, 1.82) is 0 Å². The van der Waals surface area contributed by atoms with Crippen molar-refractivity contribution in [3.05, 3.63) is 33.8 Å². The molecular formula is C16H20BrF2NO. The third-order valence-corrected chi connectivity index (χ3v) is 4.57. The summed E-state index contributed by atoms with van der Waals surface area (Å²) < 4.78 is 27.8. The number of amides is 1. The molecule has 0 unspecified atom stereocenters.